The molecular weight excluding hydrogens is 360 g/mol. The number of hydrogen-bond acceptors (Lipinski definition) is 5. The molecule has 3 aromatic rings. The monoisotopic (exact) mass is 384 g/mol. The van der Waals surface area contributed by atoms with Crippen molar-refractivity contribution in [1.82, 2.24) is 19.7 Å². The van der Waals surface area contributed by atoms with E-state index in [4.69, 9.17) is 4.42 Å². The van der Waals surface area contributed by atoms with Gasteiger partial charge in [0, 0.05) is 20.6 Å². The van der Waals surface area contributed by atoms with E-state index in [1.165, 1.54) is 22.9 Å². The number of benzene rings is 1. The maximum Gasteiger partial charge on any atom is 0.233 e. The zero-order chi connectivity index (χ0) is 19.6. The van der Waals surface area contributed by atoms with Gasteiger partial charge in [-0.25, -0.2) is 0 Å². The SMILES string of the molecule is Cc1ccc(CN(C)C(=O)CSc2nnc(-c3ccoc3C)n2C)c(C)c1. The molecule has 0 aliphatic heterocycles. The summed E-state index contributed by atoms with van der Waals surface area (Å²) in [6.45, 7) is 6.64. The van der Waals surface area contributed by atoms with Gasteiger partial charge in [0.2, 0.25) is 5.91 Å². The summed E-state index contributed by atoms with van der Waals surface area (Å²) >= 11 is 1.39. The molecule has 0 unspecified atom stereocenters. The summed E-state index contributed by atoms with van der Waals surface area (Å²) in [4.78, 5) is 14.3. The molecule has 2 aromatic heterocycles. The van der Waals surface area contributed by atoms with Gasteiger partial charge in [-0.1, -0.05) is 35.5 Å². The Morgan fingerprint density at radius 3 is 2.67 bits per heavy atom. The average molecular weight is 385 g/mol. The molecule has 1 aromatic carbocycles. The number of carbonyl (C=O) groups excluding carboxylic acids is 1. The van der Waals surface area contributed by atoms with E-state index < -0.39 is 0 Å². The van der Waals surface area contributed by atoms with Crippen molar-refractivity contribution in [3.05, 3.63) is 53.0 Å². The third-order valence-corrected chi connectivity index (χ3v) is 5.60. The molecule has 0 atom stereocenters. The van der Waals surface area contributed by atoms with E-state index >= 15 is 0 Å². The molecule has 1 amide bonds. The molecular formula is C20H24N4O2S. The molecule has 0 aliphatic carbocycles. The first kappa shape index (κ1) is 19.2. The van der Waals surface area contributed by atoms with Crippen molar-refractivity contribution < 1.29 is 9.21 Å². The van der Waals surface area contributed by atoms with Gasteiger partial charge in [0.05, 0.1) is 17.6 Å². The number of hydrogen-bond donors (Lipinski definition) is 0. The van der Waals surface area contributed by atoms with Crippen LogP contribution in [0, 0.1) is 20.8 Å². The summed E-state index contributed by atoms with van der Waals surface area (Å²) in [6, 6.07) is 8.18. The smallest absolute Gasteiger partial charge is 0.233 e. The zero-order valence-electron chi connectivity index (χ0n) is 16.3. The Kier molecular flexibility index (Phi) is 5.70. The fourth-order valence-electron chi connectivity index (χ4n) is 2.90. The molecule has 0 fully saturated rings. The first-order chi connectivity index (χ1) is 12.9. The first-order valence-electron chi connectivity index (χ1n) is 8.73. The summed E-state index contributed by atoms with van der Waals surface area (Å²) in [5, 5.41) is 9.16. The minimum atomic E-state index is 0.0593. The number of amides is 1. The first-order valence-corrected chi connectivity index (χ1v) is 9.72. The predicted molar refractivity (Wildman–Crippen MR) is 107 cm³/mol. The lowest BCUT2D eigenvalue weighted by Gasteiger charge is -2.18. The quantitative estimate of drug-likeness (QED) is 0.606. The third kappa shape index (κ3) is 4.24. The molecule has 2 heterocycles. The van der Waals surface area contributed by atoms with E-state index in [1.807, 2.05) is 31.7 Å². The lowest BCUT2D eigenvalue weighted by atomic mass is 10.1. The number of nitrogens with zero attached hydrogens (tertiary/aromatic N) is 4. The van der Waals surface area contributed by atoms with Gasteiger partial charge < -0.3 is 13.9 Å². The summed E-state index contributed by atoms with van der Waals surface area (Å²) in [5.74, 6) is 1.91. The van der Waals surface area contributed by atoms with Crippen LogP contribution in [-0.2, 0) is 18.4 Å². The van der Waals surface area contributed by atoms with Gasteiger partial charge in [-0.2, -0.15) is 0 Å². The highest BCUT2D eigenvalue weighted by Gasteiger charge is 2.17. The molecule has 0 aliphatic rings. The molecule has 0 bridgehead atoms. The highest BCUT2D eigenvalue weighted by Crippen LogP contribution is 2.26. The molecule has 0 N–H and O–H groups in total. The van der Waals surface area contributed by atoms with E-state index in [1.54, 1.807) is 11.2 Å². The van der Waals surface area contributed by atoms with Crippen molar-refractivity contribution in [2.24, 2.45) is 7.05 Å². The lowest BCUT2D eigenvalue weighted by Crippen LogP contribution is -2.28. The van der Waals surface area contributed by atoms with Gasteiger partial charge in [-0.3, -0.25) is 4.79 Å². The van der Waals surface area contributed by atoms with E-state index in [0.717, 1.165) is 22.7 Å². The second kappa shape index (κ2) is 8.00. The minimum Gasteiger partial charge on any atom is -0.469 e. The molecule has 0 saturated heterocycles. The molecule has 6 nitrogen and oxygen atoms in total. The number of rotatable bonds is 6. The average Bonchev–Trinajstić information content (AvgIpc) is 3.20. The van der Waals surface area contributed by atoms with Crippen LogP contribution in [0.15, 0.2) is 40.1 Å². The zero-order valence-corrected chi connectivity index (χ0v) is 17.1. The van der Waals surface area contributed by atoms with Crippen LogP contribution in [0.3, 0.4) is 0 Å². The van der Waals surface area contributed by atoms with Crippen LogP contribution in [0.25, 0.3) is 11.4 Å². The molecule has 142 valence electrons. The number of furan rings is 1. The van der Waals surface area contributed by atoms with Gasteiger partial charge in [-0.05, 0) is 38.0 Å². The molecule has 3 rings (SSSR count). The number of aryl methyl sites for hydroxylation is 3. The fraction of sp³-hybridized carbons (Fsp3) is 0.350. The Hall–Kier alpha value is -2.54. The van der Waals surface area contributed by atoms with Gasteiger partial charge in [0.15, 0.2) is 11.0 Å². The Morgan fingerprint density at radius 1 is 1.22 bits per heavy atom. The topological polar surface area (TPSA) is 64.2 Å². The van der Waals surface area contributed by atoms with Crippen LogP contribution in [-0.4, -0.2) is 38.4 Å². The molecule has 0 spiro atoms. The maximum atomic E-state index is 12.5. The van der Waals surface area contributed by atoms with Crippen molar-refractivity contribution in [2.75, 3.05) is 12.8 Å². The normalized spacial score (nSPS) is 11.0. The predicted octanol–water partition coefficient (Wildman–Crippen LogP) is 3.75. The second-order valence-electron chi connectivity index (χ2n) is 6.72. The summed E-state index contributed by atoms with van der Waals surface area (Å²) < 4.78 is 7.23. The molecule has 7 heteroatoms. The summed E-state index contributed by atoms with van der Waals surface area (Å²) in [5.41, 5.74) is 4.51. The van der Waals surface area contributed by atoms with E-state index in [0.29, 0.717) is 17.5 Å². The maximum absolute atomic E-state index is 12.5. The van der Waals surface area contributed by atoms with Gasteiger partial charge in [-0.15, -0.1) is 10.2 Å². The van der Waals surface area contributed by atoms with E-state index in [-0.39, 0.29) is 5.91 Å². The minimum absolute atomic E-state index is 0.0593. The van der Waals surface area contributed by atoms with Crippen molar-refractivity contribution in [2.45, 2.75) is 32.5 Å². The van der Waals surface area contributed by atoms with Crippen molar-refractivity contribution >= 4 is 17.7 Å². The molecule has 0 radical (unpaired) electrons. The highest BCUT2D eigenvalue weighted by atomic mass is 32.2. The van der Waals surface area contributed by atoms with Crippen LogP contribution < -0.4 is 0 Å². The molecule has 27 heavy (non-hydrogen) atoms. The van der Waals surface area contributed by atoms with E-state index in [2.05, 4.69) is 42.2 Å². The summed E-state index contributed by atoms with van der Waals surface area (Å²) in [7, 11) is 3.73. The number of aromatic nitrogens is 3. The Morgan fingerprint density at radius 2 is 2.00 bits per heavy atom. The third-order valence-electron chi connectivity index (χ3n) is 4.59. The Balaban J connectivity index is 1.62. The van der Waals surface area contributed by atoms with Gasteiger partial charge in [0.1, 0.15) is 5.76 Å². The van der Waals surface area contributed by atoms with Gasteiger partial charge >= 0.3 is 0 Å². The van der Waals surface area contributed by atoms with Crippen LogP contribution in [0.4, 0.5) is 0 Å². The fourth-order valence-corrected chi connectivity index (χ4v) is 3.75. The van der Waals surface area contributed by atoms with Crippen molar-refractivity contribution in [3.63, 3.8) is 0 Å². The number of thioether (sulfide) groups is 1. The van der Waals surface area contributed by atoms with Crippen molar-refractivity contribution in [3.8, 4) is 11.4 Å². The standard InChI is InChI=1S/C20H24N4O2S/c1-13-6-7-16(14(2)10-13)11-23(4)18(25)12-27-20-22-21-19(24(20)5)17-8-9-26-15(17)3/h6-10H,11-12H2,1-5H3. The van der Waals surface area contributed by atoms with Crippen LogP contribution in [0.5, 0.6) is 0 Å². The Labute approximate surface area is 163 Å². The van der Waals surface area contributed by atoms with Crippen LogP contribution >= 0.6 is 11.8 Å². The summed E-state index contributed by atoms with van der Waals surface area (Å²) in [6.07, 6.45) is 1.64. The molecule has 0 saturated carbocycles. The van der Waals surface area contributed by atoms with Crippen LogP contribution in [0.1, 0.15) is 22.5 Å². The Bertz CT molecular complexity index is 961. The number of carbonyl (C=O) groups is 1. The van der Waals surface area contributed by atoms with Crippen LogP contribution in [0.2, 0.25) is 0 Å². The van der Waals surface area contributed by atoms with E-state index in [9.17, 15) is 4.79 Å². The largest absolute Gasteiger partial charge is 0.469 e. The second-order valence-corrected chi connectivity index (χ2v) is 7.67. The van der Waals surface area contributed by atoms with Crippen molar-refractivity contribution in [1.29, 1.82) is 0 Å². The lowest BCUT2D eigenvalue weighted by molar-refractivity contribution is -0.127. The van der Waals surface area contributed by atoms with Gasteiger partial charge in [0.25, 0.3) is 0 Å². The highest BCUT2D eigenvalue weighted by molar-refractivity contribution is 7.99.